The van der Waals surface area contributed by atoms with Gasteiger partial charge in [-0.05, 0) is 61.0 Å². The zero-order valence-corrected chi connectivity index (χ0v) is 16.1. The highest BCUT2D eigenvalue weighted by molar-refractivity contribution is 6.33. The van der Waals surface area contributed by atoms with Crippen molar-refractivity contribution >= 4 is 23.5 Å². The third-order valence-electron chi connectivity index (χ3n) is 4.92. The fourth-order valence-electron chi connectivity index (χ4n) is 3.48. The lowest BCUT2D eigenvalue weighted by Gasteiger charge is -2.18. The van der Waals surface area contributed by atoms with Gasteiger partial charge in [-0.3, -0.25) is 9.69 Å². The van der Waals surface area contributed by atoms with Crippen LogP contribution in [0.15, 0.2) is 77.4 Å². The Balaban J connectivity index is 1.60. The van der Waals surface area contributed by atoms with Crippen molar-refractivity contribution < 1.29 is 18.7 Å². The van der Waals surface area contributed by atoms with E-state index >= 15 is 0 Å². The van der Waals surface area contributed by atoms with Gasteiger partial charge < -0.3 is 9.47 Å². The summed E-state index contributed by atoms with van der Waals surface area (Å²) in [5.41, 5.74) is 3.47. The second-order valence-electron chi connectivity index (χ2n) is 7.06. The van der Waals surface area contributed by atoms with E-state index in [4.69, 9.17) is 9.47 Å². The lowest BCUT2D eigenvalue weighted by molar-refractivity contribution is -0.113. The molecule has 148 valence electrons. The first-order valence-electron chi connectivity index (χ1n) is 9.45. The van der Waals surface area contributed by atoms with E-state index in [0.717, 1.165) is 16.7 Å². The summed E-state index contributed by atoms with van der Waals surface area (Å²) in [7, 11) is 0. The molecule has 0 aliphatic carbocycles. The summed E-state index contributed by atoms with van der Waals surface area (Å²) < 4.78 is 24.2. The van der Waals surface area contributed by atoms with Gasteiger partial charge in [0.2, 0.25) is 6.79 Å². The van der Waals surface area contributed by atoms with Gasteiger partial charge in [0, 0.05) is 5.56 Å². The number of carbonyl (C=O) groups excluding carboxylic acids is 1. The number of amides is 1. The molecule has 0 N–H and O–H groups in total. The largest absolute Gasteiger partial charge is 0.454 e. The van der Waals surface area contributed by atoms with E-state index in [1.54, 1.807) is 24.3 Å². The van der Waals surface area contributed by atoms with Gasteiger partial charge in [0.25, 0.3) is 5.91 Å². The summed E-state index contributed by atoms with van der Waals surface area (Å²) >= 11 is 0. The molecule has 2 aliphatic rings. The van der Waals surface area contributed by atoms with Crippen molar-refractivity contribution in [1.29, 1.82) is 0 Å². The normalized spacial score (nSPS) is 16.3. The molecular weight excluding hydrogens is 383 g/mol. The highest BCUT2D eigenvalue weighted by atomic mass is 19.1. The van der Waals surface area contributed by atoms with E-state index in [9.17, 15) is 9.18 Å². The van der Waals surface area contributed by atoms with Gasteiger partial charge in [-0.25, -0.2) is 9.38 Å². The Bertz CT molecular complexity index is 1220. The van der Waals surface area contributed by atoms with Crippen molar-refractivity contribution in [3.8, 4) is 11.5 Å². The number of rotatable bonds is 3. The van der Waals surface area contributed by atoms with Gasteiger partial charge in [0.1, 0.15) is 17.3 Å². The van der Waals surface area contributed by atoms with Crippen LogP contribution in [-0.2, 0) is 4.79 Å². The minimum Gasteiger partial charge on any atom is -0.454 e. The van der Waals surface area contributed by atoms with Crippen LogP contribution < -0.4 is 14.4 Å². The maximum Gasteiger partial charge on any atom is 0.282 e. The van der Waals surface area contributed by atoms with Crippen molar-refractivity contribution in [1.82, 2.24) is 0 Å². The van der Waals surface area contributed by atoms with E-state index in [0.29, 0.717) is 23.0 Å². The molecule has 0 spiro atoms. The van der Waals surface area contributed by atoms with Crippen molar-refractivity contribution in [3.05, 3.63) is 94.9 Å². The van der Waals surface area contributed by atoms with Crippen LogP contribution in [0.25, 0.3) is 6.08 Å². The monoisotopic (exact) mass is 400 g/mol. The molecule has 0 radical (unpaired) electrons. The molecular formula is C24H17FN2O3. The molecule has 0 fully saturated rings. The number of carbonyl (C=O) groups is 1. The summed E-state index contributed by atoms with van der Waals surface area (Å²) in [5, 5.41) is 0. The number of anilines is 1. The fraction of sp³-hybridized carbons (Fsp3) is 0.0833. The molecule has 0 saturated carbocycles. The van der Waals surface area contributed by atoms with Crippen LogP contribution in [0, 0.1) is 12.7 Å². The fourth-order valence-corrected chi connectivity index (χ4v) is 3.48. The van der Waals surface area contributed by atoms with Gasteiger partial charge in [0.15, 0.2) is 11.5 Å². The van der Waals surface area contributed by atoms with E-state index in [-0.39, 0.29) is 24.2 Å². The molecule has 2 aliphatic heterocycles. The smallest absolute Gasteiger partial charge is 0.282 e. The lowest BCUT2D eigenvalue weighted by Crippen LogP contribution is -2.32. The third kappa shape index (κ3) is 3.22. The summed E-state index contributed by atoms with van der Waals surface area (Å²) in [6.45, 7) is 2.16. The molecule has 0 atom stereocenters. The molecule has 0 aromatic heterocycles. The number of ether oxygens (including phenoxy) is 2. The molecule has 0 bridgehead atoms. The van der Waals surface area contributed by atoms with Gasteiger partial charge >= 0.3 is 0 Å². The maximum absolute atomic E-state index is 13.4. The van der Waals surface area contributed by atoms with Gasteiger partial charge in [-0.2, -0.15) is 0 Å². The van der Waals surface area contributed by atoms with Crippen LogP contribution in [0.1, 0.15) is 16.7 Å². The molecule has 6 heteroatoms. The van der Waals surface area contributed by atoms with Crippen LogP contribution in [0.2, 0.25) is 0 Å². The molecule has 3 aromatic carbocycles. The number of fused-ring (bicyclic) bond motifs is 1. The SMILES string of the molecule is Cc1cccc(C2=N/C(=C/c3ccc4c(c3)OCO4)C(=O)N2c2ccc(F)cc2)c1. The molecule has 0 saturated heterocycles. The molecule has 5 rings (SSSR count). The van der Waals surface area contributed by atoms with E-state index in [2.05, 4.69) is 4.99 Å². The quantitative estimate of drug-likeness (QED) is 0.599. The zero-order chi connectivity index (χ0) is 20.7. The standard InChI is InChI=1S/C24H17FN2O3/c1-15-3-2-4-17(11-15)23-26-20(12-16-5-10-21-22(13-16)30-14-29-21)24(28)27(23)19-8-6-18(25)7-9-19/h2-13H,14H2,1H3/b20-12+. The Morgan fingerprint density at radius 3 is 2.60 bits per heavy atom. The van der Waals surface area contributed by atoms with E-state index < -0.39 is 0 Å². The minimum atomic E-state index is -0.365. The van der Waals surface area contributed by atoms with Crippen molar-refractivity contribution in [2.24, 2.45) is 4.99 Å². The lowest BCUT2D eigenvalue weighted by atomic mass is 10.1. The Morgan fingerprint density at radius 2 is 1.80 bits per heavy atom. The van der Waals surface area contributed by atoms with Crippen LogP contribution in [0.3, 0.4) is 0 Å². The molecule has 1 amide bonds. The predicted octanol–water partition coefficient (Wildman–Crippen LogP) is 4.70. The number of benzene rings is 3. The van der Waals surface area contributed by atoms with Gasteiger partial charge in [-0.15, -0.1) is 0 Å². The highest BCUT2D eigenvalue weighted by Crippen LogP contribution is 2.34. The number of amidine groups is 1. The Labute approximate surface area is 172 Å². The summed E-state index contributed by atoms with van der Waals surface area (Å²) in [4.78, 5) is 19.4. The van der Waals surface area contributed by atoms with Gasteiger partial charge in [-0.1, -0.05) is 29.8 Å². The second-order valence-corrected chi connectivity index (χ2v) is 7.06. The molecule has 0 unspecified atom stereocenters. The Hall–Kier alpha value is -3.93. The van der Waals surface area contributed by atoms with Crippen LogP contribution >= 0.6 is 0 Å². The predicted molar refractivity (Wildman–Crippen MR) is 112 cm³/mol. The van der Waals surface area contributed by atoms with E-state index in [1.165, 1.54) is 17.0 Å². The van der Waals surface area contributed by atoms with E-state index in [1.807, 2.05) is 43.3 Å². The summed E-state index contributed by atoms with van der Waals surface area (Å²) in [6.07, 6.45) is 1.71. The van der Waals surface area contributed by atoms with Crippen LogP contribution in [0.4, 0.5) is 10.1 Å². The molecule has 5 nitrogen and oxygen atoms in total. The summed E-state index contributed by atoms with van der Waals surface area (Å²) in [6, 6.07) is 19.0. The zero-order valence-electron chi connectivity index (χ0n) is 16.1. The van der Waals surface area contributed by atoms with Gasteiger partial charge in [0.05, 0.1) is 5.69 Å². The number of aryl methyl sites for hydroxylation is 1. The third-order valence-corrected chi connectivity index (χ3v) is 4.92. The average Bonchev–Trinajstić information content (AvgIpc) is 3.33. The highest BCUT2D eigenvalue weighted by Gasteiger charge is 2.32. The number of halogens is 1. The maximum atomic E-state index is 13.4. The number of hydrogen-bond donors (Lipinski definition) is 0. The number of aliphatic imine (C=N–C) groups is 1. The van der Waals surface area contributed by atoms with Crippen molar-refractivity contribution in [3.63, 3.8) is 0 Å². The first-order chi connectivity index (χ1) is 14.6. The van der Waals surface area contributed by atoms with Crippen LogP contribution in [0.5, 0.6) is 11.5 Å². The first kappa shape index (κ1) is 18.1. The number of hydrogen-bond acceptors (Lipinski definition) is 4. The molecule has 2 heterocycles. The minimum absolute atomic E-state index is 0.183. The second kappa shape index (κ2) is 7.15. The molecule has 3 aromatic rings. The first-order valence-corrected chi connectivity index (χ1v) is 9.45. The summed E-state index contributed by atoms with van der Waals surface area (Å²) in [5.74, 6) is 1.16. The topological polar surface area (TPSA) is 51.1 Å². The van der Waals surface area contributed by atoms with Crippen LogP contribution in [-0.4, -0.2) is 18.5 Å². The average molecular weight is 400 g/mol. The Morgan fingerprint density at radius 1 is 1.00 bits per heavy atom. The van der Waals surface area contributed by atoms with Crippen molar-refractivity contribution in [2.75, 3.05) is 11.7 Å². The van der Waals surface area contributed by atoms with Crippen molar-refractivity contribution in [2.45, 2.75) is 6.92 Å². The number of nitrogens with zero attached hydrogens (tertiary/aromatic N) is 2. The Kier molecular flexibility index (Phi) is 4.32. The molecule has 30 heavy (non-hydrogen) atoms.